The summed E-state index contributed by atoms with van der Waals surface area (Å²) in [6.07, 6.45) is 7.93. The van der Waals surface area contributed by atoms with Gasteiger partial charge in [-0.05, 0) is 38.3 Å². The molecule has 22 heavy (non-hydrogen) atoms. The molecule has 0 aromatic carbocycles. The van der Waals surface area contributed by atoms with Crippen molar-refractivity contribution in [1.82, 2.24) is 4.98 Å². The Balaban J connectivity index is 1.82. The Bertz CT molecular complexity index is 560. The normalized spacial score (nSPS) is 26.2. The molecule has 3 rings (SSSR count). The van der Waals surface area contributed by atoms with Crippen molar-refractivity contribution in [2.45, 2.75) is 57.6 Å². The third-order valence-corrected chi connectivity index (χ3v) is 5.57. The number of aromatic nitrogens is 1. The number of hydrogen-bond acceptors (Lipinski definition) is 4. The summed E-state index contributed by atoms with van der Waals surface area (Å²) >= 11 is 0. The summed E-state index contributed by atoms with van der Waals surface area (Å²) in [5, 5.41) is 9.06. The maximum Gasteiger partial charge on any atom is 0.142 e. The molecule has 0 N–H and O–H groups in total. The van der Waals surface area contributed by atoms with E-state index < -0.39 is 0 Å². The number of ether oxygens (including phenoxy) is 1. The molecule has 0 amide bonds. The minimum atomic E-state index is 0.285. The SMILES string of the molecule is CCOC1CC(N(C)c2cccc(C#N)n2)C12CCCCC2. The van der Waals surface area contributed by atoms with Crippen LogP contribution >= 0.6 is 0 Å². The van der Waals surface area contributed by atoms with E-state index in [-0.39, 0.29) is 5.41 Å². The van der Waals surface area contributed by atoms with Gasteiger partial charge in [0.25, 0.3) is 0 Å². The van der Waals surface area contributed by atoms with Crippen LogP contribution in [0.4, 0.5) is 5.82 Å². The van der Waals surface area contributed by atoms with Crippen LogP contribution in [0.5, 0.6) is 0 Å². The Morgan fingerprint density at radius 1 is 1.36 bits per heavy atom. The molecule has 2 saturated carbocycles. The number of anilines is 1. The number of rotatable bonds is 4. The molecule has 118 valence electrons. The summed E-state index contributed by atoms with van der Waals surface area (Å²) < 4.78 is 6.03. The Morgan fingerprint density at radius 2 is 2.14 bits per heavy atom. The largest absolute Gasteiger partial charge is 0.378 e. The van der Waals surface area contributed by atoms with Crippen molar-refractivity contribution in [3.05, 3.63) is 23.9 Å². The Hall–Kier alpha value is -1.60. The minimum absolute atomic E-state index is 0.285. The van der Waals surface area contributed by atoms with Gasteiger partial charge in [0, 0.05) is 25.1 Å². The third-order valence-electron chi connectivity index (χ3n) is 5.57. The molecule has 0 aliphatic heterocycles. The molecule has 2 unspecified atom stereocenters. The smallest absolute Gasteiger partial charge is 0.142 e. The number of pyridine rings is 1. The van der Waals surface area contributed by atoms with E-state index in [1.807, 2.05) is 12.1 Å². The van der Waals surface area contributed by atoms with E-state index in [4.69, 9.17) is 10.00 Å². The van der Waals surface area contributed by atoms with Crippen LogP contribution in [-0.4, -0.2) is 30.8 Å². The van der Waals surface area contributed by atoms with Crippen molar-refractivity contribution < 1.29 is 4.74 Å². The van der Waals surface area contributed by atoms with Gasteiger partial charge in [-0.3, -0.25) is 0 Å². The first-order valence-corrected chi connectivity index (χ1v) is 8.43. The maximum atomic E-state index is 9.06. The molecule has 1 aromatic rings. The summed E-state index contributed by atoms with van der Waals surface area (Å²) in [4.78, 5) is 6.75. The molecule has 2 aliphatic carbocycles. The average Bonchev–Trinajstić information content (AvgIpc) is 2.58. The van der Waals surface area contributed by atoms with Crippen LogP contribution in [0.3, 0.4) is 0 Å². The summed E-state index contributed by atoms with van der Waals surface area (Å²) in [6.45, 7) is 2.89. The van der Waals surface area contributed by atoms with Crippen LogP contribution in [0, 0.1) is 16.7 Å². The second-order valence-corrected chi connectivity index (χ2v) is 6.59. The number of hydrogen-bond donors (Lipinski definition) is 0. The van der Waals surface area contributed by atoms with E-state index in [1.54, 1.807) is 6.07 Å². The van der Waals surface area contributed by atoms with Crippen LogP contribution in [0.1, 0.15) is 51.1 Å². The second-order valence-electron chi connectivity index (χ2n) is 6.59. The summed E-state index contributed by atoms with van der Waals surface area (Å²) in [5.74, 6) is 0.906. The minimum Gasteiger partial charge on any atom is -0.378 e. The van der Waals surface area contributed by atoms with Gasteiger partial charge in [-0.2, -0.15) is 5.26 Å². The summed E-state index contributed by atoms with van der Waals surface area (Å²) in [7, 11) is 2.12. The van der Waals surface area contributed by atoms with Crippen molar-refractivity contribution in [2.75, 3.05) is 18.6 Å². The lowest BCUT2D eigenvalue weighted by molar-refractivity contribution is -0.141. The zero-order valence-corrected chi connectivity index (χ0v) is 13.6. The molecule has 1 spiro atoms. The molecule has 2 aliphatic rings. The lowest BCUT2D eigenvalue weighted by Crippen LogP contribution is -2.65. The van der Waals surface area contributed by atoms with E-state index in [2.05, 4.69) is 29.9 Å². The molecule has 2 fully saturated rings. The molecule has 0 bridgehead atoms. The first kappa shape index (κ1) is 15.3. The fourth-order valence-corrected chi connectivity index (χ4v) is 4.41. The van der Waals surface area contributed by atoms with Gasteiger partial charge in [-0.25, -0.2) is 4.98 Å². The fraction of sp³-hybridized carbons (Fsp3) is 0.667. The molecular weight excluding hydrogens is 274 g/mol. The third kappa shape index (κ3) is 2.48. The van der Waals surface area contributed by atoms with Gasteiger partial charge in [0.05, 0.1) is 6.10 Å². The number of nitrogens with zero attached hydrogens (tertiary/aromatic N) is 3. The highest BCUT2D eigenvalue weighted by atomic mass is 16.5. The quantitative estimate of drug-likeness (QED) is 0.853. The molecule has 2 atom stereocenters. The first-order chi connectivity index (χ1) is 10.7. The lowest BCUT2D eigenvalue weighted by Gasteiger charge is -2.60. The zero-order chi connectivity index (χ0) is 15.6. The van der Waals surface area contributed by atoms with E-state index in [1.165, 1.54) is 32.1 Å². The van der Waals surface area contributed by atoms with E-state index >= 15 is 0 Å². The lowest BCUT2D eigenvalue weighted by atomic mass is 9.54. The Morgan fingerprint density at radius 3 is 2.82 bits per heavy atom. The highest BCUT2D eigenvalue weighted by Crippen LogP contribution is 2.55. The predicted molar refractivity (Wildman–Crippen MR) is 86.7 cm³/mol. The van der Waals surface area contributed by atoms with Crippen LogP contribution in [0.25, 0.3) is 0 Å². The standard InChI is InChI=1S/C18H25N3O/c1-3-22-16-12-15(18(16)10-5-4-6-11-18)21(2)17-9-7-8-14(13-19)20-17/h7-9,15-16H,3-6,10-12H2,1-2H3. The Kier molecular flexibility index (Phi) is 4.35. The fourth-order valence-electron chi connectivity index (χ4n) is 4.41. The first-order valence-electron chi connectivity index (χ1n) is 8.43. The predicted octanol–water partition coefficient (Wildman–Crippen LogP) is 3.52. The molecular formula is C18H25N3O. The van der Waals surface area contributed by atoms with Crippen LogP contribution in [-0.2, 0) is 4.74 Å². The van der Waals surface area contributed by atoms with Gasteiger partial charge < -0.3 is 9.64 Å². The summed E-state index contributed by atoms with van der Waals surface area (Å²) in [5.41, 5.74) is 0.774. The molecule has 1 aromatic heterocycles. The molecule has 0 saturated heterocycles. The maximum absolute atomic E-state index is 9.06. The molecule has 4 heteroatoms. The van der Waals surface area contributed by atoms with Crippen molar-refractivity contribution in [1.29, 1.82) is 5.26 Å². The number of nitriles is 1. The average molecular weight is 299 g/mol. The van der Waals surface area contributed by atoms with Gasteiger partial charge in [-0.1, -0.05) is 25.3 Å². The molecule has 4 nitrogen and oxygen atoms in total. The van der Waals surface area contributed by atoms with Gasteiger partial charge >= 0.3 is 0 Å². The van der Waals surface area contributed by atoms with Crippen LogP contribution in [0.2, 0.25) is 0 Å². The van der Waals surface area contributed by atoms with Gasteiger partial charge in [0.2, 0.25) is 0 Å². The van der Waals surface area contributed by atoms with Gasteiger partial charge in [0.1, 0.15) is 17.6 Å². The van der Waals surface area contributed by atoms with Gasteiger partial charge in [0.15, 0.2) is 0 Å². The van der Waals surface area contributed by atoms with E-state index in [0.29, 0.717) is 17.8 Å². The van der Waals surface area contributed by atoms with Crippen molar-refractivity contribution in [3.8, 4) is 6.07 Å². The Labute approximate surface area is 133 Å². The summed E-state index contributed by atoms with van der Waals surface area (Å²) in [6, 6.07) is 8.30. The monoisotopic (exact) mass is 299 g/mol. The van der Waals surface area contributed by atoms with Crippen molar-refractivity contribution in [3.63, 3.8) is 0 Å². The van der Waals surface area contributed by atoms with Crippen molar-refractivity contribution >= 4 is 5.82 Å². The molecule has 1 heterocycles. The topological polar surface area (TPSA) is 49.1 Å². The van der Waals surface area contributed by atoms with Crippen LogP contribution < -0.4 is 4.90 Å². The molecule has 0 radical (unpaired) electrons. The van der Waals surface area contributed by atoms with E-state index in [9.17, 15) is 0 Å². The highest BCUT2D eigenvalue weighted by molar-refractivity contribution is 5.44. The van der Waals surface area contributed by atoms with Crippen LogP contribution in [0.15, 0.2) is 18.2 Å². The van der Waals surface area contributed by atoms with Gasteiger partial charge in [-0.15, -0.1) is 0 Å². The second kappa shape index (κ2) is 6.26. The van der Waals surface area contributed by atoms with Crippen molar-refractivity contribution in [2.24, 2.45) is 5.41 Å². The highest BCUT2D eigenvalue weighted by Gasteiger charge is 2.57. The zero-order valence-electron chi connectivity index (χ0n) is 13.6. The van der Waals surface area contributed by atoms with E-state index in [0.717, 1.165) is 18.8 Å².